The van der Waals surface area contributed by atoms with E-state index >= 15 is 0 Å². The van der Waals surface area contributed by atoms with Crippen LogP contribution in [0.5, 0.6) is 5.75 Å². The lowest BCUT2D eigenvalue weighted by Crippen LogP contribution is -2.14. The number of fused-ring (bicyclic) bond motifs is 7. The van der Waals surface area contributed by atoms with Crippen LogP contribution in [0.4, 0.5) is 0 Å². The van der Waals surface area contributed by atoms with Gasteiger partial charge in [-0.1, -0.05) is 127 Å². The Bertz CT molecular complexity index is 2380. The van der Waals surface area contributed by atoms with E-state index in [9.17, 15) is 0 Å². The Hall–Kier alpha value is -5.05. The maximum absolute atomic E-state index is 6.76. The molecule has 0 N–H and O–H groups in total. The van der Waals surface area contributed by atoms with Crippen LogP contribution in [0.1, 0.15) is 33.9 Å². The second-order valence-electron chi connectivity index (χ2n) is 12.7. The Morgan fingerprint density at radius 3 is 2.04 bits per heavy atom. The molecule has 0 aromatic heterocycles. The maximum Gasteiger partial charge on any atom is 0.129 e. The highest BCUT2D eigenvalue weighted by Gasteiger charge is 2.36. The highest BCUT2D eigenvalue weighted by molar-refractivity contribution is 7.99. The van der Waals surface area contributed by atoms with Crippen LogP contribution < -0.4 is 4.74 Å². The first-order valence-corrected chi connectivity index (χ1v) is 17.1. The molecular weight excluding hydrogens is 577 g/mol. The van der Waals surface area contributed by atoms with Crippen LogP contribution in [0.2, 0.25) is 0 Å². The molecule has 3 aliphatic rings. The van der Waals surface area contributed by atoms with E-state index in [2.05, 4.69) is 146 Å². The Balaban J connectivity index is 1.20. The summed E-state index contributed by atoms with van der Waals surface area (Å²) >= 11 is 1.98. The summed E-state index contributed by atoms with van der Waals surface area (Å²) in [4.78, 5) is 1.36. The molecule has 1 aliphatic carbocycles. The van der Waals surface area contributed by atoms with Crippen LogP contribution >= 0.6 is 11.8 Å². The molecule has 0 fully saturated rings. The molecule has 2 aliphatic heterocycles. The van der Waals surface area contributed by atoms with Gasteiger partial charge >= 0.3 is 0 Å². The summed E-state index contributed by atoms with van der Waals surface area (Å²) in [7, 11) is 0. The summed E-state index contributed by atoms with van der Waals surface area (Å²) in [5.74, 6) is 1.03. The van der Waals surface area contributed by atoms with Gasteiger partial charge in [0.25, 0.3) is 0 Å². The molecule has 2 unspecified atom stereocenters. The predicted molar refractivity (Wildman–Crippen MR) is 195 cm³/mol. The summed E-state index contributed by atoms with van der Waals surface area (Å²) in [6.07, 6.45) is 6.65. The third kappa shape index (κ3) is 3.96. The molecule has 7 aromatic carbocycles. The number of hydrogen-bond donors (Lipinski definition) is 0. The molecule has 2 atom stereocenters. The zero-order chi connectivity index (χ0) is 30.2. The first-order valence-electron chi connectivity index (χ1n) is 16.2. The van der Waals surface area contributed by atoms with Crippen LogP contribution in [0.15, 0.2) is 151 Å². The van der Waals surface area contributed by atoms with Crippen molar-refractivity contribution in [1.82, 2.24) is 0 Å². The lowest BCUT2D eigenvalue weighted by atomic mass is 9.80. The van der Waals surface area contributed by atoms with E-state index in [1.807, 2.05) is 11.8 Å². The minimum Gasteiger partial charge on any atom is -0.485 e. The van der Waals surface area contributed by atoms with E-state index in [4.69, 9.17) is 4.74 Å². The molecule has 0 bridgehead atoms. The third-order valence-electron chi connectivity index (χ3n) is 10.1. The number of rotatable bonds is 3. The van der Waals surface area contributed by atoms with Crippen LogP contribution in [0.25, 0.3) is 54.6 Å². The van der Waals surface area contributed by atoms with Crippen molar-refractivity contribution in [3.8, 4) is 16.9 Å². The standard InChI is InChI=1S/C44H30OS/c1-2-12-28(13-3-1)40-25-31-24-37-39(26-41(31)46-40)45-38-20-10-19-36(44(37)38)43-34-17-8-6-15-32(34)42(33-16-7-9-18-35(33)43)30-22-21-27-11-4-5-14-29(27)23-30/h1-19,21-24,26,38,40H,20,25H2. The van der Waals surface area contributed by atoms with Crippen molar-refractivity contribution < 1.29 is 4.74 Å². The van der Waals surface area contributed by atoms with Gasteiger partial charge in [0.2, 0.25) is 0 Å². The van der Waals surface area contributed by atoms with Crippen LogP contribution in [-0.4, -0.2) is 6.10 Å². The summed E-state index contributed by atoms with van der Waals surface area (Å²) < 4.78 is 6.76. The highest BCUT2D eigenvalue weighted by Crippen LogP contribution is 2.54. The molecule has 46 heavy (non-hydrogen) atoms. The number of thioether (sulfide) groups is 1. The van der Waals surface area contributed by atoms with Crippen molar-refractivity contribution in [2.45, 2.75) is 29.1 Å². The molecular formula is C44H30OS. The van der Waals surface area contributed by atoms with Crippen molar-refractivity contribution >= 4 is 55.2 Å². The Labute approximate surface area is 272 Å². The second-order valence-corrected chi connectivity index (χ2v) is 13.9. The second kappa shape index (κ2) is 10.2. The minimum atomic E-state index is 0.0325. The molecule has 218 valence electrons. The number of allylic oxidation sites excluding steroid dienone is 2. The SMILES string of the molecule is C1=CC(c2c3ccccc3c(-c3ccc4ccccc4c3)c3ccccc23)=C2c3cc4c(cc3OC2C1)SC(c1ccccc1)C4. The van der Waals surface area contributed by atoms with Gasteiger partial charge in [0.05, 0.1) is 0 Å². The largest absolute Gasteiger partial charge is 0.485 e. The molecule has 0 spiro atoms. The maximum atomic E-state index is 6.76. The van der Waals surface area contributed by atoms with Crippen LogP contribution in [0, 0.1) is 0 Å². The zero-order valence-electron chi connectivity index (χ0n) is 25.2. The molecule has 2 heteroatoms. The fourth-order valence-corrected chi connectivity index (χ4v) is 9.32. The van der Waals surface area contributed by atoms with E-state index in [1.54, 1.807) is 0 Å². The van der Waals surface area contributed by atoms with Gasteiger partial charge in [-0.05, 0) is 90.3 Å². The van der Waals surface area contributed by atoms with E-state index < -0.39 is 0 Å². The van der Waals surface area contributed by atoms with Crippen molar-refractivity contribution in [3.05, 3.63) is 168 Å². The van der Waals surface area contributed by atoms with Gasteiger partial charge in [0.1, 0.15) is 11.9 Å². The molecule has 0 radical (unpaired) electrons. The van der Waals surface area contributed by atoms with Crippen molar-refractivity contribution in [2.75, 3.05) is 0 Å². The van der Waals surface area contributed by atoms with Crippen molar-refractivity contribution in [3.63, 3.8) is 0 Å². The van der Waals surface area contributed by atoms with Gasteiger partial charge in [0.15, 0.2) is 0 Å². The third-order valence-corrected chi connectivity index (χ3v) is 11.4. The smallest absolute Gasteiger partial charge is 0.129 e. The van der Waals surface area contributed by atoms with Gasteiger partial charge in [-0.2, -0.15) is 0 Å². The topological polar surface area (TPSA) is 9.23 Å². The summed E-state index contributed by atoms with van der Waals surface area (Å²) in [6.45, 7) is 0. The molecule has 1 nitrogen and oxygen atoms in total. The van der Waals surface area contributed by atoms with Crippen molar-refractivity contribution in [1.29, 1.82) is 0 Å². The number of benzene rings is 7. The van der Waals surface area contributed by atoms with Gasteiger partial charge < -0.3 is 4.74 Å². The summed E-state index contributed by atoms with van der Waals surface area (Å²) in [6, 6.07) is 49.2. The van der Waals surface area contributed by atoms with Gasteiger partial charge in [-0.3, -0.25) is 0 Å². The molecule has 2 heterocycles. The molecule has 0 saturated heterocycles. The van der Waals surface area contributed by atoms with E-state index in [0.29, 0.717) is 5.25 Å². The fraction of sp³-hybridized carbons (Fsp3) is 0.0909. The Morgan fingerprint density at radius 2 is 1.28 bits per heavy atom. The Morgan fingerprint density at radius 1 is 0.609 bits per heavy atom. The van der Waals surface area contributed by atoms with Crippen molar-refractivity contribution in [2.24, 2.45) is 0 Å². The highest BCUT2D eigenvalue weighted by atomic mass is 32.2. The number of ether oxygens (including phenoxy) is 1. The average molecular weight is 607 g/mol. The fourth-order valence-electron chi connectivity index (χ4n) is 7.99. The normalized spacial score (nSPS) is 18.2. The average Bonchev–Trinajstić information content (AvgIpc) is 3.70. The summed E-state index contributed by atoms with van der Waals surface area (Å²) in [5.41, 5.74) is 10.6. The van der Waals surface area contributed by atoms with Crippen LogP contribution in [0.3, 0.4) is 0 Å². The van der Waals surface area contributed by atoms with Gasteiger partial charge in [-0.15, -0.1) is 11.8 Å². The molecule has 7 aromatic rings. The van der Waals surface area contributed by atoms with E-state index in [-0.39, 0.29) is 6.10 Å². The first-order chi connectivity index (χ1) is 22.8. The van der Waals surface area contributed by atoms with E-state index in [1.165, 1.54) is 81.7 Å². The summed E-state index contributed by atoms with van der Waals surface area (Å²) in [5, 5.41) is 8.11. The molecule has 0 saturated carbocycles. The lowest BCUT2D eigenvalue weighted by Gasteiger charge is -2.23. The lowest BCUT2D eigenvalue weighted by molar-refractivity contribution is 0.279. The first kappa shape index (κ1) is 26.2. The van der Waals surface area contributed by atoms with Gasteiger partial charge in [0, 0.05) is 27.7 Å². The molecule has 0 amide bonds. The monoisotopic (exact) mass is 606 g/mol. The Kier molecular flexibility index (Phi) is 5.83. The minimum absolute atomic E-state index is 0.0325. The number of hydrogen-bond acceptors (Lipinski definition) is 2. The molecule has 10 rings (SSSR count). The van der Waals surface area contributed by atoms with E-state index in [0.717, 1.165) is 18.6 Å². The zero-order valence-corrected chi connectivity index (χ0v) is 26.1. The predicted octanol–water partition coefficient (Wildman–Crippen LogP) is 11.8. The quantitative estimate of drug-likeness (QED) is 0.185. The van der Waals surface area contributed by atoms with Crippen LogP contribution in [-0.2, 0) is 6.42 Å². The van der Waals surface area contributed by atoms with Gasteiger partial charge in [-0.25, -0.2) is 0 Å².